The number of Topliss-reactive ketones (excluding diaryl/α,β-unsaturated/α-hetero) is 1. The first-order valence-corrected chi connectivity index (χ1v) is 5.46. The second-order valence-electron chi connectivity index (χ2n) is 4.32. The lowest BCUT2D eigenvalue weighted by molar-refractivity contribution is -0.124. The van der Waals surface area contributed by atoms with Crippen LogP contribution in [0.1, 0.15) is 45.4 Å². The fraction of sp³-hybridized carbons (Fsp3) is 0.909. The van der Waals surface area contributed by atoms with Crippen LogP contribution < -0.4 is 5.73 Å². The summed E-state index contributed by atoms with van der Waals surface area (Å²) in [5.41, 5.74) is 5.38. The molecule has 1 rings (SSSR count). The zero-order valence-electron chi connectivity index (χ0n) is 8.59. The van der Waals surface area contributed by atoms with Crippen molar-refractivity contribution in [2.24, 2.45) is 17.6 Å². The Kier molecular flexibility index (Phi) is 4.43. The van der Waals surface area contributed by atoms with Crippen molar-refractivity contribution in [3.8, 4) is 0 Å². The highest BCUT2D eigenvalue weighted by Gasteiger charge is 2.23. The molecule has 1 aliphatic rings. The summed E-state index contributed by atoms with van der Waals surface area (Å²) in [5, 5.41) is 0. The van der Waals surface area contributed by atoms with Gasteiger partial charge in [-0.2, -0.15) is 0 Å². The van der Waals surface area contributed by atoms with Crippen molar-refractivity contribution < 1.29 is 4.79 Å². The van der Waals surface area contributed by atoms with Gasteiger partial charge >= 0.3 is 0 Å². The molecular weight excluding hydrogens is 162 g/mol. The second-order valence-corrected chi connectivity index (χ2v) is 4.32. The Morgan fingerprint density at radius 2 is 1.92 bits per heavy atom. The van der Waals surface area contributed by atoms with E-state index in [-0.39, 0.29) is 0 Å². The smallest absolute Gasteiger partial charge is 0.136 e. The van der Waals surface area contributed by atoms with Gasteiger partial charge in [-0.25, -0.2) is 0 Å². The summed E-state index contributed by atoms with van der Waals surface area (Å²) in [6.07, 6.45) is 6.27. The molecule has 2 N–H and O–H groups in total. The molecule has 0 unspecified atom stereocenters. The Balaban J connectivity index is 2.23. The van der Waals surface area contributed by atoms with Crippen LogP contribution in [0.5, 0.6) is 0 Å². The SMILES string of the molecule is CC1CCC(C(=O)CCCN)CC1. The predicted octanol–water partition coefficient (Wildman–Crippen LogP) is 2.12. The third-order valence-corrected chi connectivity index (χ3v) is 3.10. The fourth-order valence-electron chi connectivity index (χ4n) is 2.06. The Morgan fingerprint density at radius 3 is 2.46 bits per heavy atom. The van der Waals surface area contributed by atoms with Gasteiger partial charge in [0.05, 0.1) is 0 Å². The van der Waals surface area contributed by atoms with E-state index in [0.29, 0.717) is 24.7 Å². The van der Waals surface area contributed by atoms with Crippen molar-refractivity contribution in [3.63, 3.8) is 0 Å². The minimum Gasteiger partial charge on any atom is -0.330 e. The summed E-state index contributed by atoms with van der Waals surface area (Å²) in [6.45, 7) is 2.93. The van der Waals surface area contributed by atoms with Crippen LogP contribution in [-0.2, 0) is 4.79 Å². The van der Waals surface area contributed by atoms with E-state index in [1.165, 1.54) is 12.8 Å². The molecule has 0 saturated heterocycles. The first-order valence-electron chi connectivity index (χ1n) is 5.46. The van der Waals surface area contributed by atoms with Gasteiger partial charge in [0, 0.05) is 12.3 Å². The van der Waals surface area contributed by atoms with Gasteiger partial charge in [-0.15, -0.1) is 0 Å². The number of nitrogens with two attached hydrogens (primary N) is 1. The molecule has 0 aromatic rings. The highest BCUT2D eigenvalue weighted by atomic mass is 16.1. The molecule has 2 heteroatoms. The van der Waals surface area contributed by atoms with E-state index in [1.807, 2.05) is 0 Å². The molecule has 1 aliphatic carbocycles. The summed E-state index contributed by atoms with van der Waals surface area (Å²) in [7, 11) is 0. The third-order valence-electron chi connectivity index (χ3n) is 3.10. The number of rotatable bonds is 4. The zero-order valence-corrected chi connectivity index (χ0v) is 8.59. The maximum atomic E-state index is 11.6. The molecule has 0 spiro atoms. The van der Waals surface area contributed by atoms with Crippen LogP contribution in [0.4, 0.5) is 0 Å². The molecule has 0 aromatic heterocycles. The Hall–Kier alpha value is -0.370. The molecule has 76 valence electrons. The van der Waals surface area contributed by atoms with Gasteiger partial charge in [-0.3, -0.25) is 4.79 Å². The fourth-order valence-corrected chi connectivity index (χ4v) is 2.06. The van der Waals surface area contributed by atoms with Crippen molar-refractivity contribution in [1.82, 2.24) is 0 Å². The maximum absolute atomic E-state index is 11.6. The molecule has 0 atom stereocenters. The van der Waals surface area contributed by atoms with Gasteiger partial charge in [0.2, 0.25) is 0 Å². The van der Waals surface area contributed by atoms with Gasteiger partial charge in [0.15, 0.2) is 0 Å². The van der Waals surface area contributed by atoms with Crippen LogP contribution in [0, 0.1) is 11.8 Å². The summed E-state index contributed by atoms with van der Waals surface area (Å²) in [6, 6.07) is 0. The van der Waals surface area contributed by atoms with E-state index in [4.69, 9.17) is 5.73 Å². The largest absolute Gasteiger partial charge is 0.330 e. The summed E-state index contributed by atoms with van der Waals surface area (Å²) >= 11 is 0. The average molecular weight is 183 g/mol. The topological polar surface area (TPSA) is 43.1 Å². The quantitative estimate of drug-likeness (QED) is 0.725. The normalized spacial score (nSPS) is 28.8. The number of ketones is 1. The van der Waals surface area contributed by atoms with Gasteiger partial charge in [-0.05, 0) is 31.7 Å². The second kappa shape index (κ2) is 5.38. The number of hydrogen-bond donors (Lipinski definition) is 1. The van der Waals surface area contributed by atoms with Crippen LogP contribution in [0.2, 0.25) is 0 Å². The Morgan fingerprint density at radius 1 is 1.31 bits per heavy atom. The first-order chi connectivity index (χ1) is 6.24. The molecule has 1 saturated carbocycles. The van der Waals surface area contributed by atoms with Crippen LogP contribution in [0.15, 0.2) is 0 Å². The lowest BCUT2D eigenvalue weighted by atomic mass is 9.80. The Bertz CT molecular complexity index is 159. The van der Waals surface area contributed by atoms with Crippen molar-refractivity contribution in [3.05, 3.63) is 0 Å². The summed E-state index contributed by atoms with van der Waals surface area (Å²) in [4.78, 5) is 11.6. The minimum atomic E-state index is 0.364. The van der Waals surface area contributed by atoms with Gasteiger partial charge in [0.25, 0.3) is 0 Å². The molecule has 0 aliphatic heterocycles. The molecule has 0 aromatic carbocycles. The highest BCUT2D eigenvalue weighted by molar-refractivity contribution is 5.81. The third kappa shape index (κ3) is 3.47. The molecule has 0 radical (unpaired) electrons. The highest BCUT2D eigenvalue weighted by Crippen LogP contribution is 2.29. The first kappa shape index (κ1) is 10.7. The lowest BCUT2D eigenvalue weighted by Crippen LogP contribution is -2.21. The number of hydrogen-bond acceptors (Lipinski definition) is 2. The summed E-state index contributed by atoms with van der Waals surface area (Å²) in [5.74, 6) is 1.65. The Labute approximate surface area is 80.9 Å². The van der Waals surface area contributed by atoms with Crippen LogP contribution >= 0.6 is 0 Å². The number of carbonyl (C=O) groups excluding carboxylic acids is 1. The van der Waals surface area contributed by atoms with Crippen LogP contribution in [0.25, 0.3) is 0 Å². The molecule has 2 nitrogen and oxygen atoms in total. The van der Waals surface area contributed by atoms with Crippen molar-refractivity contribution in [1.29, 1.82) is 0 Å². The van der Waals surface area contributed by atoms with Crippen molar-refractivity contribution >= 4 is 5.78 Å². The molecule has 0 heterocycles. The lowest BCUT2D eigenvalue weighted by Gasteiger charge is -2.24. The van der Waals surface area contributed by atoms with Gasteiger partial charge < -0.3 is 5.73 Å². The van der Waals surface area contributed by atoms with Gasteiger partial charge in [0.1, 0.15) is 5.78 Å². The van der Waals surface area contributed by atoms with E-state index < -0.39 is 0 Å². The van der Waals surface area contributed by atoms with E-state index in [2.05, 4.69) is 6.92 Å². The average Bonchev–Trinajstić information content (AvgIpc) is 2.15. The van der Waals surface area contributed by atoms with E-state index in [0.717, 1.165) is 25.2 Å². The van der Waals surface area contributed by atoms with E-state index in [9.17, 15) is 4.79 Å². The maximum Gasteiger partial charge on any atom is 0.136 e. The minimum absolute atomic E-state index is 0.364. The zero-order chi connectivity index (χ0) is 9.68. The monoisotopic (exact) mass is 183 g/mol. The molecule has 0 amide bonds. The summed E-state index contributed by atoms with van der Waals surface area (Å²) < 4.78 is 0. The van der Waals surface area contributed by atoms with Gasteiger partial charge in [-0.1, -0.05) is 19.8 Å². The van der Waals surface area contributed by atoms with Crippen molar-refractivity contribution in [2.45, 2.75) is 45.4 Å². The van der Waals surface area contributed by atoms with Crippen LogP contribution in [-0.4, -0.2) is 12.3 Å². The number of carbonyl (C=O) groups is 1. The predicted molar refractivity (Wildman–Crippen MR) is 54.4 cm³/mol. The van der Waals surface area contributed by atoms with Crippen molar-refractivity contribution in [2.75, 3.05) is 6.54 Å². The van der Waals surface area contributed by atoms with E-state index in [1.54, 1.807) is 0 Å². The van der Waals surface area contributed by atoms with Crippen LogP contribution in [0.3, 0.4) is 0 Å². The molecule has 13 heavy (non-hydrogen) atoms. The molecular formula is C11H21NO. The standard InChI is InChI=1S/C11H21NO/c1-9-4-6-10(7-5-9)11(13)3-2-8-12/h9-10H,2-8,12H2,1H3. The molecule has 0 bridgehead atoms. The van der Waals surface area contributed by atoms with E-state index >= 15 is 0 Å². The molecule has 1 fully saturated rings.